The maximum absolute atomic E-state index is 11.9. The Balaban J connectivity index is 2.68. The molecule has 108 valence electrons. The predicted molar refractivity (Wildman–Crippen MR) is 77.7 cm³/mol. The summed E-state index contributed by atoms with van der Waals surface area (Å²) in [4.78, 5) is 0. The molecular formula is C13H20ClNO3S. The maximum Gasteiger partial charge on any atom is 0.213 e. The summed E-state index contributed by atoms with van der Waals surface area (Å²) in [5, 5.41) is 10.6. The van der Waals surface area contributed by atoms with Crippen LogP contribution in [0, 0.1) is 0 Å². The fourth-order valence-electron chi connectivity index (χ4n) is 1.66. The molecule has 1 atom stereocenters. The van der Waals surface area contributed by atoms with E-state index in [0.717, 1.165) is 6.42 Å². The van der Waals surface area contributed by atoms with Gasteiger partial charge in [-0.05, 0) is 24.1 Å². The Morgan fingerprint density at radius 1 is 1.42 bits per heavy atom. The molecule has 1 aromatic carbocycles. The van der Waals surface area contributed by atoms with Gasteiger partial charge in [-0.25, -0.2) is 12.7 Å². The van der Waals surface area contributed by atoms with Crippen LogP contribution in [0.1, 0.15) is 31.4 Å². The summed E-state index contributed by atoms with van der Waals surface area (Å²) in [6.45, 7) is 1.97. The average molecular weight is 306 g/mol. The minimum Gasteiger partial charge on any atom is -0.387 e. The van der Waals surface area contributed by atoms with Crippen LogP contribution in [0.25, 0.3) is 0 Å². The molecule has 0 amide bonds. The topological polar surface area (TPSA) is 57.6 Å². The number of rotatable bonds is 7. The molecule has 4 nitrogen and oxygen atoms in total. The zero-order valence-electron chi connectivity index (χ0n) is 11.2. The molecule has 0 aliphatic heterocycles. The molecule has 0 saturated carbocycles. The lowest BCUT2D eigenvalue weighted by Crippen LogP contribution is -2.33. The molecule has 0 aromatic heterocycles. The number of halogens is 1. The summed E-state index contributed by atoms with van der Waals surface area (Å²) in [5.41, 5.74) is 0.616. The Morgan fingerprint density at radius 2 is 2.11 bits per heavy atom. The van der Waals surface area contributed by atoms with Gasteiger partial charge in [0.15, 0.2) is 0 Å². The van der Waals surface area contributed by atoms with E-state index in [9.17, 15) is 13.5 Å². The van der Waals surface area contributed by atoms with Crippen molar-refractivity contribution in [3.05, 3.63) is 34.9 Å². The van der Waals surface area contributed by atoms with Gasteiger partial charge in [-0.15, -0.1) is 0 Å². The monoisotopic (exact) mass is 305 g/mol. The van der Waals surface area contributed by atoms with Gasteiger partial charge < -0.3 is 5.11 Å². The van der Waals surface area contributed by atoms with Crippen LogP contribution in [0.3, 0.4) is 0 Å². The van der Waals surface area contributed by atoms with Gasteiger partial charge in [0.25, 0.3) is 0 Å². The lowest BCUT2D eigenvalue weighted by molar-refractivity contribution is 0.155. The van der Waals surface area contributed by atoms with Crippen LogP contribution >= 0.6 is 11.6 Å². The normalized spacial score (nSPS) is 13.7. The van der Waals surface area contributed by atoms with E-state index in [1.165, 1.54) is 11.4 Å². The highest BCUT2D eigenvalue weighted by atomic mass is 35.5. The molecular weight excluding hydrogens is 286 g/mol. The van der Waals surface area contributed by atoms with Crippen LogP contribution in [0.4, 0.5) is 0 Å². The van der Waals surface area contributed by atoms with E-state index in [1.807, 2.05) is 6.92 Å². The van der Waals surface area contributed by atoms with E-state index in [4.69, 9.17) is 11.6 Å². The SMILES string of the molecule is CCCCS(=O)(=O)N(C)CC(O)c1cccc(Cl)c1. The second-order valence-corrected chi connectivity index (χ2v) is 7.15. The standard InChI is InChI=1S/C13H20ClNO3S/c1-3-4-8-19(17,18)15(2)10-13(16)11-6-5-7-12(14)9-11/h5-7,9,13,16H,3-4,8,10H2,1-2H3. The zero-order chi connectivity index (χ0) is 14.5. The molecule has 1 aromatic rings. The molecule has 1 rings (SSSR count). The van der Waals surface area contributed by atoms with Gasteiger partial charge in [0.2, 0.25) is 10.0 Å². The van der Waals surface area contributed by atoms with Crippen molar-refractivity contribution in [1.82, 2.24) is 4.31 Å². The number of hydrogen-bond donors (Lipinski definition) is 1. The van der Waals surface area contributed by atoms with E-state index in [1.54, 1.807) is 24.3 Å². The van der Waals surface area contributed by atoms with E-state index in [2.05, 4.69) is 0 Å². The van der Waals surface area contributed by atoms with Gasteiger partial charge in [0, 0.05) is 18.6 Å². The van der Waals surface area contributed by atoms with E-state index in [0.29, 0.717) is 17.0 Å². The zero-order valence-corrected chi connectivity index (χ0v) is 12.8. The highest BCUT2D eigenvalue weighted by molar-refractivity contribution is 7.89. The van der Waals surface area contributed by atoms with Gasteiger partial charge >= 0.3 is 0 Å². The highest BCUT2D eigenvalue weighted by Crippen LogP contribution is 2.19. The first-order chi connectivity index (χ1) is 8.86. The predicted octanol–water partition coefficient (Wildman–Crippen LogP) is 2.44. The largest absolute Gasteiger partial charge is 0.387 e. The number of unbranched alkanes of at least 4 members (excludes halogenated alkanes) is 1. The molecule has 0 spiro atoms. The molecule has 0 heterocycles. The van der Waals surface area contributed by atoms with Crippen molar-refractivity contribution in [2.75, 3.05) is 19.3 Å². The number of benzene rings is 1. The minimum atomic E-state index is -3.30. The van der Waals surface area contributed by atoms with Crippen LogP contribution < -0.4 is 0 Å². The molecule has 19 heavy (non-hydrogen) atoms. The molecule has 0 saturated heterocycles. The maximum atomic E-state index is 11.9. The minimum absolute atomic E-state index is 0.0341. The fraction of sp³-hybridized carbons (Fsp3) is 0.538. The first-order valence-corrected chi connectivity index (χ1v) is 8.23. The number of hydrogen-bond acceptors (Lipinski definition) is 3. The third kappa shape index (κ3) is 5.10. The van der Waals surface area contributed by atoms with Gasteiger partial charge in [0.1, 0.15) is 0 Å². The molecule has 1 N–H and O–H groups in total. The lowest BCUT2D eigenvalue weighted by Gasteiger charge is -2.20. The Kier molecular flexibility index (Phi) is 6.26. The molecule has 0 radical (unpaired) electrons. The third-order valence-corrected chi connectivity index (χ3v) is 5.03. The Labute approximate surface area is 120 Å². The molecule has 0 fully saturated rings. The van der Waals surface area contributed by atoms with Gasteiger partial charge in [-0.1, -0.05) is 37.1 Å². The van der Waals surface area contributed by atoms with Gasteiger partial charge in [0.05, 0.1) is 11.9 Å². The summed E-state index contributed by atoms with van der Waals surface area (Å²) in [6, 6.07) is 6.80. The second-order valence-electron chi connectivity index (χ2n) is 4.52. The van der Waals surface area contributed by atoms with Crippen molar-refractivity contribution in [2.45, 2.75) is 25.9 Å². The number of aliphatic hydroxyl groups is 1. The Morgan fingerprint density at radius 3 is 2.68 bits per heavy atom. The summed E-state index contributed by atoms with van der Waals surface area (Å²) in [7, 11) is -1.81. The Bertz CT molecular complexity index is 504. The van der Waals surface area contributed by atoms with Crippen molar-refractivity contribution >= 4 is 21.6 Å². The summed E-state index contributed by atoms with van der Waals surface area (Å²) < 4.78 is 25.0. The molecule has 6 heteroatoms. The quantitative estimate of drug-likeness (QED) is 0.842. The average Bonchev–Trinajstić information content (AvgIpc) is 2.36. The van der Waals surface area contributed by atoms with E-state index in [-0.39, 0.29) is 12.3 Å². The van der Waals surface area contributed by atoms with E-state index >= 15 is 0 Å². The van der Waals surface area contributed by atoms with Gasteiger partial charge in [-0.3, -0.25) is 0 Å². The van der Waals surface area contributed by atoms with Crippen LogP contribution in [-0.4, -0.2) is 37.2 Å². The number of likely N-dealkylation sites (N-methyl/N-ethyl adjacent to an activating group) is 1. The number of aliphatic hydroxyl groups excluding tert-OH is 1. The smallest absolute Gasteiger partial charge is 0.213 e. The molecule has 0 bridgehead atoms. The first-order valence-electron chi connectivity index (χ1n) is 6.24. The third-order valence-electron chi connectivity index (χ3n) is 2.89. The lowest BCUT2D eigenvalue weighted by atomic mass is 10.1. The van der Waals surface area contributed by atoms with Crippen molar-refractivity contribution in [1.29, 1.82) is 0 Å². The molecule has 0 aliphatic carbocycles. The van der Waals surface area contributed by atoms with Crippen LogP contribution in [0.2, 0.25) is 5.02 Å². The second kappa shape index (κ2) is 7.24. The highest BCUT2D eigenvalue weighted by Gasteiger charge is 2.21. The Hall–Kier alpha value is -0.620. The summed E-state index contributed by atoms with van der Waals surface area (Å²) in [5.74, 6) is 0.113. The van der Waals surface area contributed by atoms with Gasteiger partial charge in [-0.2, -0.15) is 0 Å². The van der Waals surface area contributed by atoms with Crippen molar-refractivity contribution in [3.63, 3.8) is 0 Å². The van der Waals surface area contributed by atoms with Crippen molar-refractivity contribution in [2.24, 2.45) is 0 Å². The van der Waals surface area contributed by atoms with E-state index < -0.39 is 16.1 Å². The number of nitrogens with zero attached hydrogens (tertiary/aromatic N) is 1. The molecule has 0 aliphatic rings. The summed E-state index contributed by atoms with van der Waals surface area (Å²) >= 11 is 5.84. The fourth-order valence-corrected chi connectivity index (χ4v) is 3.19. The van der Waals surface area contributed by atoms with Crippen LogP contribution in [0.15, 0.2) is 24.3 Å². The first kappa shape index (κ1) is 16.4. The van der Waals surface area contributed by atoms with Crippen molar-refractivity contribution < 1.29 is 13.5 Å². The molecule has 1 unspecified atom stereocenters. The van der Waals surface area contributed by atoms with Crippen LogP contribution in [-0.2, 0) is 10.0 Å². The summed E-state index contributed by atoms with van der Waals surface area (Å²) in [6.07, 6.45) is 0.573. The van der Waals surface area contributed by atoms with Crippen molar-refractivity contribution in [3.8, 4) is 0 Å². The van der Waals surface area contributed by atoms with Crippen LogP contribution in [0.5, 0.6) is 0 Å². The number of sulfonamides is 1.